The summed E-state index contributed by atoms with van der Waals surface area (Å²) in [6.45, 7) is 6.32. The summed E-state index contributed by atoms with van der Waals surface area (Å²) in [4.78, 5) is 12.4. The number of rotatable bonds is 6. The summed E-state index contributed by atoms with van der Waals surface area (Å²) in [5.74, 6) is 1.42. The average molecular weight is 391 g/mol. The van der Waals surface area contributed by atoms with Gasteiger partial charge in [0.2, 0.25) is 5.91 Å². The predicted molar refractivity (Wildman–Crippen MR) is 99.1 cm³/mol. The number of amides is 1. The second kappa shape index (κ2) is 7.09. The Balaban J connectivity index is 1.63. The van der Waals surface area contributed by atoms with E-state index in [0.29, 0.717) is 18.3 Å². The second-order valence-electron chi connectivity index (χ2n) is 6.85. The lowest BCUT2D eigenvalue weighted by atomic mass is 9.90. The lowest BCUT2D eigenvalue weighted by Gasteiger charge is -2.15. The van der Waals surface area contributed by atoms with Gasteiger partial charge in [-0.05, 0) is 42.4 Å². The Kier molecular flexibility index (Phi) is 5.09. The fraction of sp³-hybridized carbons (Fsp3) is 0.474. The summed E-state index contributed by atoms with van der Waals surface area (Å²) in [7, 11) is 0. The predicted octanol–water partition coefficient (Wildman–Crippen LogP) is 4.29. The maximum absolute atomic E-state index is 12.4. The molecule has 0 unspecified atom stereocenters. The van der Waals surface area contributed by atoms with Gasteiger partial charge in [-0.2, -0.15) is 5.10 Å². The Morgan fingerprint density at radius 3 is 3.08 bits per heavy atom. The smallest absolute Gasteiger partial charge is 0.244 e. The van der Waals surface area contributed by atoms with Crippen LogP contribution < -0.4 is 10.2 Å². The van der Waals surface area contributed by atoms with Crippen LogP contribution in [0, 0.1) is 17.3 Å². The molecule has 2 saturated carbocycles. The molecule has 1 amide bonds. The van der Waals surface area contributed by atoms with Crippen LogP contribution in [0.15, 0.2) is 40.4 Å². The van der Waals surface area contributed by atoms with Crippen molar-refractivity contribution in [3.05, 3.63) is 40.9 Å². The van der Waals surface area contributed by atoms with Gasteiger partial charge in [-0.15, -0.1) is 0 Å². The van der Waals surface area contributed by atoms with E-state index < -0.39 is 0 Å². The van der Waals surface area contributed by atoms with Crippen LogP contribution in [0.2, 0.25) is 0 Å². The van der Waals surface area contributed by atoms with E-state index in [0.717, 1.165) is 16.5 Å². The average Bonchev–Trinajstić information content (AvgIpc) is 3.19. The summed E-state index contributed by atoms with van der Waals surface area (Å²) in [5, 5.41) is 4.15. The molecule has 2 fully saturated rings. The van der Waals surface area contributed by atoms with Gasteiger partial charge in [0.25, 0.3) is 0 Å². The quantitative estimate of drug-likeness (QED) is 0.447. The van der Waals surface area contributed by atoms with E-state index in [9.17, 15) is 4.79 Å². The normalized spacial score (nSPS) is 28.2. The van der Waals surface area contributed by atoms with Gasteiger partial charge in [0.05, 0.1) is 6.21 Å². The monoisotopic (exact) mass is 390 g/mol. The molecule has 5 heteroatoms. The number of hydrogen-bond donors (Lipinski definition) is 1. The Bertz CT molecular complexity index is 673. The molecule has 0 saturated heterocycles. The van der Waals surface area contributed by atoms with Crippen LogP contribution in [0.25, 0.3) is 0 Å². The van der Waals surface area contributed by atoms with Crippen LogP contribution >= 0.6 is 15.9 Å². The van der Waals surface area contributed by atoms with Gasteiger partial charge < -0.3 is 4.74 Å². The molecule has 1 N–H and O–H groups in total. The first-order valence-corrected chi connectivity index (χ1v) is 9.22. The van der Waals surface area contributed by atoms with E-state index in [4.69, 9.17) is 4.74 Å². The molecular formula is C19H23BrN2O2. The van der Waals surface area contributed by atoms with Crippen LogP contribution in [0.4, 0.5) is 0 Å². The number of nitrogens with one attached hydrogen (secondary N) is 1. The number of hydrogen-bond acceptors (Lipinski definition) is 3. The largest absolute Gasteiger partial charge is 0.489 e. The molecule has 128 valence electrons. The fourth-order valence-electron chi connectivity index (χ4n) is 3.99. The minimum Gasteiger partial charge on any atom is -0.489 e. The van der Waals surface area contributed by atoms with Crippen molar-refractivity contribution in [1.82, 2.24) is 5.43 Å². The van der Waals surface area contributed by atoms with Crippen molar-refractivity contribution >= 4 is 28.1 Å². The molecule has 0 aliphatic heterocycles. The van der Waals surface area contributed by atoms with Gasteiger partial charge in [0, 0.05) is 16.0 Å². The zero-order valence-corrected chi connectivity index (χ0v) is 15.5. The molecule has 24 heavy (non-hydrogen) atoms. The first kappa shape index (κ1) is 17.2. The fourth-order valence-corrected chi connectivity index (χ4v) is 4.36. The summed E-state index contributed by atoms with van der Waals surface area (Å²) in [6.07, 6.45) is 8.14. The van der Waals surface area contributed by atoms with E-state index in [2.05, 4.69) is 40.0 Å². The molecular weight excluding hydrogens is 368 g/mol. The van der Waals surface area contributed by atoms with Gasteiger partial charge in [0.15, 0.2) is 0 Å². The second-order valence-corrected chi connectivity index (χ2v) is 7.77. The highest BCUT2D eigenvalue weighted by Crippen LogP contribution is 2.66. The number of halogens is 1. The molecule has 0 aromatic heterocycles. The zero-order valence-electron chi connectivity index (χ0n) is 13.9. The SMILES string of the molecule is C=CCOc1ccc(Br)cc1/C=N\NC(=O)[C@H]1[C@@H]2CCCC[C@@]21C. The molecule has 2 aliphatic carbocycles. The summed E-state index contributed by atoms with van der Waals surface area (Å²) >= 11 is 3.44. The van der Waals surface area contributed by atoms with Gasteiger partial charge in [-0.25, -0.2) is 5.43 Å². The van der Waals surface area contributed by atoms with E-state index in [1.807, 2.05) is 18.2 Å². The first-order valence-electron chi connectivity index (χ1n) is 8.42. The van der Waals surface area contributed by atoms with Crippen molar-refractivity contribution in [1.29, 1.82) is 0 Å². The number of hydrazone groups is 1. The van der Waals surface area contributed by atoms with Gasteiger partial charge in [-0.3, -0.25) is 4.79 Å². The highest BCUT2D eigenvalue weighted by molar-refractivity contribution is 9.10. The molecule has 0 bridgehead atoms. The number of benzene rings is 1. The third-order valence-corrected chi connectivity index (χ3v) is 5.81. The highest BCUT2D eigenvalue weighted by Gasteiger charge is 2.64. The third kappa shape index (κ3) is 3.41. The molecule has 3 atom stereocenters. The van der Waals surface area contributed by atoms with Crippen molar-refractivity contribution in [2.45, 2.75) is 32.6 Å². The van der Waals surface area contributed by atoms with Crippen LogP contribution in [-0.2, 0) is 4.79 Å². The number of ether oxygens (including phenoxy) is 1. The van der Waals surface area contributed by atoms with Crippen LogP contribution in [0.5, 0.6) is 5.75 Å². The Labute approximate surface area is 151 Å². The topological polar surface area (TPSA) is 50.7 Å². The molecule has 2 aliphatic rings. The van der Waals surface area contributed by atoms with E-state index in [-0.39, 0.29) is 17.2 Å². The van der Waals surface area contributed by atoms with Crippen molar-refractivity contribution < 1.29 is 9.53 Å². The zero-order chi connectivity index (χ0) is 17.2. The van der Waals surface area contributed by atoms with Crippen molar-refractivity contribution in [2.24, 2.45) is 22.4 Å². The molecule has 4 nitrogen and oxygen atoms in total. The number of carbonyl (C=O) groups is 1. The molecule has 1 aromatic carbocycles. The van der Waals surface area contributed by atoms with Crippen LogP contribution in [-0.4, -0.2) is 18.7 Å². The van der Waals surface area contributed by atoms with Crippen molar-refractivity contribution in [3.63, 3.8) is 0 Å². The lowest BCUT2D eigenvalue weighted by molar-refractivity contribution is -0.123. The Hall–Kier alpha value is -1.62. The van der Waals surface area contributed by atoms with Gasteiger partial charge in [-0.1, -0.05) is 48.4 Å². The lowest BCUT2D eigenvalue weighted by Crippen LogP contribution is -2.22. The molecule has 0 spiro atoms. The van der Waals surface area contributed by atoms with E-state index in [1.54, 1.807) is 12.3 Å². The number of fused-ring (bicyclic) bond motifs is 1. The van der Waals surface area contributed by atoms with Gasteiger partial charge >= 0.3 is 0 Å². The van der Waals surface area contributed by atoms with E-state index >= 15 is 0 Å². The van der Waals surface area contributed by atoms with Gasteiger partial charge in [0.1, 0.15) is 12.4 Å². The summed E-state index contributed by atoms with van der Waals surface area (Å²) in [5.41, 5.74) is 3.73. The molecule has 3 rings (SSSR count). The Morgan fingerprint density at radius 1 is 1.54 bits per heavy atom. The molecule has 1 aromatic rings. The number of carbonyl (C=O) groups excluding carboxylic acids is 1. The summed E-state index contributed by atoms with van der Waals surface area (Å²) in [6, 6.07) is 5.68. The Morgan fingerprint density at radius 2 is 2.38 bits per heavy atom. The van der Waals surface area contributed by atoms with Crippen molar-refractivity contribution in [3.8, 4) is 5.75 Å². The third-order valence-electron chi connectivity index (χ3n) is 5.32. The van der Waals surface area contributed by atoms with Crippen LogP contribution in [0.1, 0.15) is 38.2 Å². The van der Waals surface area contributed by atoms with Crippen LogP contribution in [0.3, 0.4) is 0 Å². The van der Waals surface area contributed by atoms with E-state index in [1.165, 1.54) is 19.3 Å². The minimum absolute atomic E-state index is 0.0456. The molecule has 0 radical (unpaired) electrons. The number of nitrogens with zero attached hydrogens (tertiary/aromatic N) is 1. The standard InChI is InChI=1S/C19H23BrN2O2/c1-3-10-24-16-8-7-14(20)11-13(16)12-21-22-18(23)17-15-6-4-5-9-19(15,17)2/h3,7-8,11-12,15,17H,1,4-6,9-10H2,2H3,(H,22,23)/b21-12-/t15-,17+,19-/m0/s1. The summed E-state index contributed by atoms with van der Waals surface area (Å²) < 4.78 is 6.54. The first-order chi connectivity index (χ1) is 11.6. The van der Waals surface area contributed by atoms with Crippen molar-refractivity contribution in [2.75, 3.05) is 6.61 Å². The minimum atomic E-state index is 0.0456. The molecule has 0 heterocycles. The highest BCUT2D eigenvalue weighted by atomic mass is 79.9. The maximum atomic E-state index is 12.4. The maximum Gasteiger partial charge on any atom is 0.244 e.